The summed E-state index contributed by atoms with van der Waals surface area (Å²) in [7, 11) is 0. The fourth-order valence-corrected chi connectivity index (χ4v) is 3.91. The van der Waals surface area contributed by atoms with Crippen molar-refractivity contribution in [3.63, 3.8) is 0 Å². The third-order valence-corrected chi connectivity index (χ3v) is 5.58. The van der Waals surface area contributed by atoms with Crippen LogP contribution >= 0.6 is 11.3 Å². The zero-order chi connectivity index (χ0) is 21.6. The molecule has 6 nitrogen and oxygen atoms in total. The molecule has 0 unspecified atom stereocenters. The van der Waals surface area contributed by atoms with Crippen LogP contribution in [0.5, 0.6) is 11.5 Å². The molecule has 0 bridgehead atoms. The first-order valence-electron chi connectivity index (χ1n) is 10.2. The number of ether oxygens (including phenoxy) is 2. The highest BCUT2D eigenvalue weighted by atomic mass is 32.1. The Morgan fingerprint density at radius 2 is 1.94 bits per heavy atom. The number of hydrogen-bond acceptors (Lipinski definition) is 6. The Hall–Kier alpha value is -3.45. The van der Waals surface area contributed by atoms with Crippen molar-refractivity contribution in [2.45, 2.75) is 19.8 Å². The SMILES string of the molecule is C=CCOc1ccccc1/C=c1/sc2nc(-c3ccc(OCCCC)cc3)nn2c1=O. The van der Waals surface area contributed by atoms with Gasteiger partial charge in [0.05, 0.1) is 11.1 Å². The fraction of sp³-hybridized carbons (Fsp3) is 0.208. The van der Waals surface area contributed by atoms with Gasteiger partial charge < -0.3 is 9.47 Å². The summed E-state index contributed by atoms with van der Waals surface area (Å²) in [4.78, 5) is 18.0. The van der Waals surface area contributed by atoms with Crippen LogP contribution in [-0.2, 0) is 0 Å². The van der Waals surface area contributed by atoms with E-state index in [4.69, 9.17) is 9.47 Å². The second-order valence-electron chi connectivity index (χ2n) is 6.91. The Morgan fingerprint density at radius 3 is 2.68 bits per heavy atom. The van der Waals surface area contributed by atoms with E-state index in [1.54, 1.807) is 6.08 Å². The number of aromatic nitrogens is 3. The zero-order valence-corrected chi connectivity index (χ0v) is 18.1. The molecule has 2 heterocycles. The molecule has 0 N–H and O–H groups in total. The topological polar surface area (TPSA) is 65.7 Å². The van der Waals surface area contributed by atoms with Gasteiger partial charge in [0.25, 0.3) is 5.56 Å². The molecule has 0 saturated heterocycles. The molecule has 0 aliphatic carbocycles. The van der Waals surface area contributed by atoms with Crippen molar-refractivity contribution in [3.05, 3.63) is 81.6 Å². The molecule has 0 aliphatic rings. The van der Waals surface area contributed by atoms with Crippen molar-refractivity contribution in [2.75, 3.05) is 13.2 Å². The van der Waals surface area contributed by atoms with Crippen LogP contribution in [0, 0.1) is 0 Å². The van der Waals surface area contributed by atoms with Crippen LogP contribution < -0.4 is 19.6 Å². The Bertz CT molecular complexity index is 1290. The van der Waals surface area contributed by atoms with E-state index >= 15 is 0 Å². The molecule has 0 atom stereocenters. The molecule has 7 heteroatoms. The minimum atomic E-state index is -0.197. The Morgan fingerprint density at radius 1 is 1.13 bits per heavy atom. The third kappa shape index (κ3) is 4.67. The summed E-state index contributed by atoms with van der Waals surface area (Å²) in [6.07, 6.45) is 5.61. The van der Waals surface area contributed by atoms with Gasteiger partial charge in [0.15, 0.2) is 5.82 Å². The van der Waals surface area contributed by atoms with Crippen LogP contribution in [0.25, 0.3) is 22.4 Å². The van der Waals surface area contributed by atoms with Crippen LogP contribution in [-0.4, -0.2) is 27.8 Å². The molecule has 0 amide bonds. The molecule has 0 fully saturated rings. The first-order chi connectivity index (χ1) is 15.2. The van der Waals surface area contributed by atoms with Gasteiger partial charge in [-0.05, 0) is 42.8 Å². The molecular formula is C24H23N3O3S. The third-order valence-electron chi connectivity index (χ3n) is 4.62. The minimum Gasteiger partial charge on any atom is -0.494 e. The lowest BCUT2D eigenvalue weighted by Gasteiger charge is -2.05. The van der Waals surface area contributed by atoms with Crippen LogP contribution in [0.2, 0.25) is 0 Å². The molecule has 0 spiro atoms. The monoisotopic (exact) mass is 433 g/mol. The summed E-state index contributed by atoms with van der Waals surface area (Å²) >= 11 is 1.30. The smallest absolute Gasteiger partial charge is 0.291 e. The van der Waals surface area contributed by atoms with E-state index in [1.165, 1.54) is 15.9 Å². The predicted molar refractivity (Wildman–Crippen MR) is 124 cm³/mol. The zero-order valence-electron chi connectivity index (χ0n) is 17.3. The number of unbranched alkanes of at least 4 members (excludes halogenated alkanes) is 1. The number of benzene rings is 2. The number of fused-ring (bicyclic) bond motifs is 1. The molecule has 0 saturated carbocycles. The van der Waals surface area contributed by atoms with Crippen molar-refractivity contribution in [3.8, 4) is 22.9 Å². The standard InChI is InChI=1S/C24H23N3O3S/c1-3-5-15-29-19-12-10-17(11-13-19)22-25-24-27(26-22)23(28)21(31-24)16-18-8-6-7-9-20(18)30-14-4-2/h4,6-13,16H,2-3,5,14-15H2,1H3/b21-16+. The average Bonchev–Trinajstić information content (AvgIpc) is 3.33. The Balaban J connectivity index is 1.61. The van der Waals surface area contributed by atoms with Gasteiger partial charge in [0.2, 0.25) is 4.96 Å². The highest BCUT2D eigenvalue weighted by molar-refractivity contribution is 7.15. The summed E-state index contributed by atoms with van der Waals surface area (Å²) in [5.41, 5.74) is 1.47. The number of nitrogens with zero attached hydrogens (tertiary/aromatic N) is 3. The quantitative estimate of drug-likeness (QED) is 0.294. The van der Waals surface area contributed by atoms with Crippen LogP contribution in [0.4, 0.5) is 0 Å². The Labute approximate surface area is 184 Å². The molecule has 31 heavy (non-hydrogen) atoms. The summed E-state index contributed by atoms with van der Waals surface area (Å²) in [6.45, 7) is 6.90. The van der Waals surface area contributed by atoms with E-state index in [9.17, 15) is 4.79 Å². The number of rotatable bonds is 9. The van der Waals surface area contributed by atoms with E-state index in [1.807, 2.05) is 54.6 Å². The largest absolute Gasteiger partial charge is 0.494 e. The summed E-state index contributed by atoms with van der Waals surface area (Å²) in [6, 6.07) is 15.2. The summed E-state index contributed by atoms with van der Waals surface area (Å²) in [5, 5.41) is 4.42. The maximum absolute atomic E-state index is 12.9. The lowest BCUT2D eigenvalue weighted by atomic mass is 10.2. The van der Waals surface area contributed by atoms with Gasteiger partial charge in [-0.15, -0.1) is 5.10 Å². The molecule has 158 valence electrons. The maximum Gasteiger partial charge on any atom is 0.291 e. The van der Waals surface area contributed by atoms with Crippen LogP contribution in [0.3, 0.4) is 0 Å². The van der Waals surface area contributed by atoms with E-state index in [0.29, 0.717) is 34.3 Å². The number of para-hydroxylation sites is 1. The van der Waals surface area contributed by atoms with Crippen LogP contribution in [0.15, 0.2) is 66.0 Å². The highest BCUT2D eigenvalue weighted by Crippen LogP contribution is 2.21. The van der Waals surface area contributed by atoms with Crippen molar-refractivity contribution in [2.24, 2.45) is 0 Å². The molecular weight excluding hydrogens is 410 g/mol. The van der Waals surface area contributed by atoms with Crippen LogP contribution in [0.1, 0.15) is 25.3 Å². The van der Waals surface area contributed by atoms with Crippen molar-refractivity contribution < 1.29 is 9.47 Å². The van der Waals surface area contributed by atoms with Gasteiger partial charge in [-0.2, -0.15) is 9.50 Å². The molecule has 2 aromatic heterocycles. The predicted octanol–water partition coefficient (Wildman–Crippen LogP) is 4.11. The summed E-state index contributed by atoms with van der Waals surface area (Å²) in [5.74, 6) is 2.03. The fourth-order valence-electron chi connectivity index (χ4n) is 3.01. The molecule has 2 aromatic carbocycles. The van der Waals surface area contributed by atoms with E-state index in [2.05, 4.69) is 23.6 Å². The van der Waals surface area contributed by atoms with Gasteiger partial charge >= 0.3 is 0 Å². The van der Waals surface area contributed by atoms with E-state index in [-0.39, 0.29) is 5.56 Å². The average molecular weight is 434 g/mol. The van der Waals surface area contributed by atoms with Gasteiger partial charge in [-0.25, -0.2) is 0 Å². The van der Waals surface area contributed by atoms with Crippen molar-refractivity contribution in [1.82, 2.24) is 14.6 Å². The maximum atomic E-state index is 12.9. The second kappa shape index (κ2) is 9.57. The van der Waals surface area contributed by atoms with Crippen molar-refractivity contribution >= 4 is 22.4 Å². The number of thiazole rings is 1. The normalized spacial score (nSPS) is 11.7. The first-order valence-corrected chi connectivity index (χ1v) is 11.0. The molecule has 0 radical (unpaired) electrons. The van der Waals surface area contributed by atoms with E-state index in [0.717, 1.165) is 29.7 Å². The molecule has 4 aromatic rings. The lowest BCUT2D eigenvalue weighted by molar-refractivity contribution is 0.309. The van der Waals surface area contributed by atoms with Gasteiger partial charge in [-0.3, -0.25) is 4.79 Å². The van der Waals surface area contributed by atoms with E-state index < -0.39 is 0 Å². The van der Waals surface area contributed by atoms with Gasteiger partial charge in [-0.1, -0.05) is 55.5 Å². The minimum absolute atomic E-state index is 0.197. The summed E-state index contributed by atoms with van der Waals surface area (Å²) < 4.78 is 13.3. The first kappa shape index (κ1) is 20.8. The molecule has 4 rings (SSSR count). The van der Waals surface area contributed by atoms with Crippen molar-refractivity contribution in [1.29, 1.82) is 0 Å². The van der Waals surface area contributed by atoms with Gasteiger partial charge in [0, 0.05) is 11.1 Å². The highest BCUT2D eigenvalue weighted by Gasteiger charge is 2.12. The lowest BCUT2D eigenvalue weighted by Crippen LogP contribution is -2.23. The number of hydrogen-bond donors (Lipinski definition) is 0. The second-order valence-corrected chi connectivity index (χ2v) is 7.92. The molecule has 0 aliphatic heterocycles. The Kier molecular flexibility index (Phi) is 6.43. The van der Waals surface area contributed by atoms with Gasteiger partial charge in [0.1, 0.15) is 18.1 Å².